The molecule has 1 N–H and O–H groups in total. The molecule has 0 unspecified atom stereocenters. The summed E-state index contributed by atoms with van der Waals surface area (Å²) < 4.78 is 15.4. The molecule has 0 aliphatic carbocycles. The fourth-order valence-corrected chi connectivity index (χ4v) is 2.57. The molecular formula is C15H19FN4OS. The van der Waals surface area contributed by atoms with Crippen molar-refractivity contribution in [3.63, 3.8) is 0 Å². The van der Waals surface area contributed by atoms with Gasteiger partial charge in [-0.2, -0.15) is 0 Å². The van der Waals surface area contributed by atoms with E-state index in [1.807, 2.05) is 0 Å². The summed E-state index contributed by atoms with van der Waals surface area (Å²) in [6.07, 6.45) is 2.39. The first kappa shape index (κ1) is 16.5. The molecule has 0 spiro atoms. The van der Waals surface area contributed by atoms with Crippen LogP contribution in [0.1, 0.15) is 20.3 Å². The molecule has 1 heterocycles. The number of nitrogens with one attached hydrogen (secondary N) is 1. The Labute approximate surface area is 133 Å². The van der Waals surface area contributed by atoms with Gasteiger partial charge in [0.1, 0.15) is 12.1 Å². The van der Waals surface area contributed by atoms with Gasteiger partial charge in [-0.3, -0.25) is 9.36 Å². The third-order valence-electron chi connectivity index (χ3n) is 3.00. The fraction of sp³-hybridized carbons (Fsp3) is 0.400. The van der Waals surface area contributed by atoms with Crippen LogP contribution in [0, 0.1) is 11.7 Å². The van der Waals surface area contributed by atoms with E-state index in [0.717, 1.165) is 6.42 Å². The van der Waals surface area contributed by atoms with Crippen molar-refractivity contribution in [3.8, 4) is 5.69 Å². The molecular weight excluding hydrogens is 303 g/mol. The molecule has 1 aromatic heterocycles. The number of aromatic nitrogens is 3. The summed E-state index contributed by atoms with van der Waals surface area (Å²) in [5, 5.41) is 11.1. The second-order valence-corrected chi connectivity index (χ2v) is 6.20. The van der Waals surface area contributed by atoms with Gasteiger partial charge in [0.05, 0.1) is 11.4 Å². The number of para-hydroxylation sites is 1. The van der Waals surface area contributed by atoms with Gasteiger partial charge in [-0.1, -0.05) is 37.7 Å². The van der Waals surface area contributed by atoms with Crippen LogP contribution in [-0.4, -0.2) is 33.0 Å². The van der Waals surface area contributed by atoms with Crippen LogP contribution >= 0.6 is 11.8 Å². The van der Waals surface area contributed by atoms with Crippen molar-refractivity contribution in [3.05, 3.63) is 36.4 Å². The maximum absolute atomic E-state index is 13.8. The summed E-state index contributed by atoms with van der Waals surface area (Å²) in [6, 6.07) is 6.39. The molecule has 0 aliphatic heterocycles. The van der Waals surface area contributed by atoms with E-state index in [1.54, 1.807) is 22.8 Å². The molecule has 0 saturated heterocycles. The standard InChI is InChI=1S/C15H19FN4OS/c1-11(2)7-8-17-14(21)9-22-15-19-18-10-20(15)13-6-4-3-5-12(13)16/h3-6,10-11H,7-9H2,1-2H3,(H,17,21). The van der Waals surface area contributed by atoms with E-state index in [-0.39, 0.29) is 17.5 Å². The topological polar surface area (TPSA) is 59.8 Å². The smallest absolute Gasteiger partial charge is 0.230 e. The lowest BCUT2D eigenvalue weighted by Crippen LogP contribution is -2.27. The van der Waals surface area contributed by atoms with Crippen LogP contribution in [0.5, 0.6) is 0 Å². The van der Waals surface area contributed by atoms with Crippen molar-refractivity contribution in [2.75, 3.05) is 12.3 Å². The Kier molecular flexibility index (Phi) is 5.94. The van der Waals surface area contributed by atoms with E-state index in [9.17, 15) is 9.18 Å². The van der Waals surface area contributed by atoms with Crippen LogP contribution in [-0.2, 0) is 4.79 Å². The average Bonchev–Trinajstić information content (AvgIpc) is 2.93. The summed E-state index contributed by atoms with van der Waals surface area (Å²) >= 11 is 1.23. The van der Waals surface area contributed by atoms with Crippen LogP contribution in [0.3, 0.4) is 0 Å². The largest absolute Gasteiger partial charge is 0.355 e. The second-order valence-electron chi connectivity index (χ2n) is 5.26. The molecule has 1 amide bonds. The Morgan fingerprint density at radius 1 is 1.41 bits per heavy atom. The lowest BCUT2D eigenvalue weighted by atomic mass is 10.1. The monoisotopic (exact) mass is 322 g/mol. The minimum Gasteiger partial charge on any atom is -0.355 e. The third kappa shape index (κ3) is 4.56. The van der Waals surface area contributed by atoms with Crippen LogP contribution in [0.4, 0.5) is 4.39 Å². The summed E-state index contributed by atoms with van der Waals surface area (Å²) in [7, 11) is 0. The van der Waals surface area contributed by atoms with E-state index in [0.29, 0.717) is 23.3 Å². The Hall–Kier alpha value is -1.89. The highest BCUT2D eigenvalue weighted by molar-refractivity contribution is 7.99. The number of benzene rings is 1. The lowest BCUT2D eigenvalue weighted by Gasteiger charge is -2.08. The first-order valence-electron chi connectivity index (χ1n) is 7.12. The zero-order valence-electron chi connectivity index (χ0n) is 12.6. The summed E-state index contributed by atoms with van der Waals surface area (Å²) in [5.41, 5.74) is 0.371. The Balaban J connectivity index is 1.94. The highest BCUT2D eigenvalue weighted by Gasteiger charge is 2.12. The van der Waals surface area contributed by atoms with Gasteiger partial charge in [0.25, 0.3) is 0 Å². The molecule has 7 heteroatoms. The first-order chi connectivity index (χ1) is 10.6. The van der Waals surface area contributed by atoms with Gasteiger partial charge >= 0.3 is 0 Å². The zero-order chi connectivity index (χ0) is 15.9. The number of amides is 1. The summed E-state index contributed by atoms with van der Waals surface area (Å²) in [5.74, 6) is 0.363. The average molecular weight is 322 g/mol. The molecule has 2 aromatic rings. The van der Waals surface area contributed by atoms with Crippen LogP contribution < -0.4 is 5.32 Å². The Bertz CT molecular complexity index is 630. The maximum atomic E-state index is 13.8. The fourth-order valence-electron chi connectivity index (χ4n) is 1.82. The predicted octanol–water partition coefficient (Wildman–Crippen LogP) is 2.66. The number of nitrogens with zero attached hydrogens (tertiary/aromatic N) is 3. The minimum absolute atomic E-state index is 0.0614. The van der Waals surface area contributed by atoms with Crippen molar-refractivity contribution in [1.29, 1.82) is 0 Å². The molecule has 0 bridgehead atoms. The number of halogens is 1. The number of thioether (sulfide) groups is 1. The number of hydrogen-bond acceptors (Lipinski definition) is 4. The SMILES string of the molecule is CC(C)CCNC(=O)CSc1nncn1-c1ccccc1F. The molecule has 0 fully saturated rings. The van der Waals surface area contributed by atoms with E-state index in [1.165, 1.54) is 24.2 Å². The van der Waals surface area contributed by atoms with Crippen LogP contribution in [0.25, 0.3) is 5.69 Å². The Morgan fingerprint density at radius 3 is 2.91 bits per heavy atom. The number of carbonyl (C=O) groups excluding carboxylic acids is 1. The van der Waals surface area contributed by atoms with E-state index in [4.69, 9.17) is 0 Å². The van der Waals surface area contributed by atoms with E-state index in [2.05, 4.69) is 29.4 Å². The summed E-state index contributed by atoms with van der Waals surface area (Å²) in [4.78, 5) is 11.8. The van der Waals surface area contributed by atoms with Crippen molar-refractivity contribution in [2.24, 2.45) is 5.92 Å². The van der Waals surface area contributed by atoms with Gasteiger partial charge in [-0.25, -0.2) is 4.39 Å². The van der Waals surface area contributed by atoms with Gasteiger partial charge < -0.3 is 5.32 Å². The van der Waals surface area contributed by atoms with Crippen LogP contribution in [0.2, 0.25) is 0 Å². The molecule has 5 nitrogen and oxygen atoms in total. The normalized spacial score (nSPS) is 10.9. The molecule has 1 aromatic carbocycles. The van der Waals surface area contributed by atoms with Crippen molar-refractivity contribution >= 4 is 17.7 Å². The van der Waals surface area contributed by atoms with Crippen molar-refractivity contribution in [2.45, 2.75) is 25.4 Å². The molecule has 118 valence electrons. The zero-order valence-corrected chi connectivity index (χ0v) is 13.4. The van der Waals surface area contributed by atoms with Gasteiger partial charge in [-0.05, 0) is 24.5 Å². The lowest BCUT2D eigenvalue weighted by molar-refractivity contribution is -0.118. The second kappa shape index (κ2) is 7.93. The highest BCUT2D eigenvalue weighted by Crippen LogP contribution is 2.21. The molecule has 0 radical (unpaired) electrons. The van der Waals surface area contributed by atoms with Gasteiger partial charge in [-0.15, -0.1) is 10.2 Å². The van der Waals surface area contributed by atoms with Crippen molar-refractivity contribution < 1.29 is 9.18 Å². The summed E-state index contributed by atoms with van der Waals surface area (Å²) in [6.45, 7) is 4.88. The molecule has 0 saturated carbocycles. The van der Waals surface area contributed by atoms with Crippen LogP contribution in [0.15, 0.2) is 35.7 Å². The number of rotatable bonds is 7. The third-order valence-corrected chi connectivity index (χ3v) is 3.95. The van der Waals surface area contributed by atoms with Crippen molar-refractivity contribution in [1.82, 2.24) is 20.1 Å². The number of carbonyl (C=O) groups is 1. The number of hydrogen-bond donors (Lipinski definition) is 1. The van der Waals surface area contributed by atoms with Gasteiger partial charge in [0.2, 0.25) is 5.91 Å². The maximum Gasteiger partial charge on any atom is 0.230 e. The first-order valence-corrected chi connectivity index (χ1v) is 8.11. The van der Waals surface area contributed by atoms with Gasteiger partial charge in [0.15, 0.2) is 5.16 Å². The molecule has 0 aliphatic rings. The molecule has 22 heavy (non-hydrogen) atoms. The van der Waals surface area contributed by atoms with Gasteiger partial charge in [0, 0.05) is 6.54 Å². The molecule has 0 atom stereocenters. The highest BCUT2D eigenvalue weighted by atomic mass is 32.2. The minimum atomic E-state index is -0.356. The van der Waals surface area contributed by atoms with E-state index < -0.39 is 0 Å². The quantitative estimate of drug-likeness (QED) is 0.796. The molecule has 2 rings (SSSR count). The Morgan fingerprint density at radius 2 is 2.18 bits per heavy atom. The predicted molar refractivity (Wildman–Crippen MR) is 84.5 cm³/mol. The van der Waals surface area contributed by atoms with E-state index >= 15 is 0 Å².